The molecule has 2 nitrogen and oxygen atoms in total. The Morgan fingerprint density at radius 2 is 1.75 bits per heavy atom. The van der Waals surface area contributed by atoms with E-state index in [1.807, 2.05) is 0 Å². The van der Waals surface area contributed by atoms with E-state index in [0.29, 0.717) is 0 Å². The van der Waals surface area contributed by atoms with Gasteiger partial charge >= 0.3 is 0 Å². The molecule has 0 aliphatic heterocycles. The maximum Gasteiger partial charge on any atom is 0.0831 e. The van der Waals surface area contributed by atoms with E-state index >= 15 is 0 Å². The first-order valence-electron chi connectivity index (χ1n) is 5.06. The summed E-state index contributed by atoms with van der Waals surface area (Å²) in [5, 5.41) is 11.2. The van der Waals surface area contributed by atoms with E-state index in [1.54, 1.807) is 0 Å². The Labute approximate surface area is 94.6 Å². The lowest BCUT2D eigenvalue weighted by Crippen LogP contribution is -2.08. The zero-order valence-electron chi connectivity index (χ0n) is 8.88. The quantitative estimate of drug-likeness (QED) is 0.610. The van der Waals surface area contributed by atoms with E-state index < -0.39 is 0 Å². The Kier molecular flexibility index (Phi) is 2.67. The average Bonchev–Trinajstić information content (AvgIpc) is 2.26. The summed E-state index contributed by atoms with van der Waals surface area (Å²) in [7, 11) is 0. The molecule has 0 radical (unpaired) electrons. The van der Waals surface area contributed by atoms with Crippen LogP contribution in [-0.2, 0) is 0 Å². The van der Waals surface area contributed by atoms with Crippen molar-refractivity contribution in [2.45, 2.75) is 6.42 Å². The maximum absolute atomic E-state index is 5.62. The molecule has 1 aromatic rings. The lowest BCUT2D eigenvalue weighted by molar-refractivity contribution is 1.26. The van der Waals surface area contributed by atoms with Crippen molar-refractivity contribution >= 4 is 17.2 Å². The van der Waals surface area contributed by atoms with Crippen molar-refractivity contribution in [3.8, 4) is 0 Å². The summed E-state index contributed by atoms with van der Waals surface area (Å²) in [6, 6.07) is 9.79. The van der Waals surface area contributed by atoms with Gasteiger partial charge in [-0.25, -0.2) is 10.8 Å². The lowest BCUT2D eigenvalue weighted by atomic mass is 9.74. The molecule has 0 fully saturated rings. The summed E-state index contributed by atoms with van der Waals surface area (Å²) >= 11 is 0. The molecular weight excluding hydrogens is 196 g/mol. The first kappa shape index (κ1) is 10.3. The summed E-state index contributed by atoms with van der Waals surface area (Å²) in [6.07, 6.45) is 5.41. The molecule has 0 bridgehead atoms. The van der Waals surface area contributed by atoms with Crippen LogP contribution in [-0.4, -0.2) is 6.01 Å². The minimum Gasteiger partial charge on any atom is -0.242 e. The van der Waals surface area contributed by atoms with Gasteiger partial charge in [0.05, 0.1) is 6.01 Å². The first-order chi connectivity index (χ1) is 7.79. The summed E-state index contributed by atoms with van der Waals surface area (Å²) in [5.74, 6) is 0. The van der Waals surface area contributed by atoms with Crippen LogP contribution in [0.15, 0.2) is 48.6 Å². The number of allylic oxidation sites excluding steroid dienone is 5. The van der Waals surface area contributed by atoms with E-state index in [9.17, 15) is 0 Å². The second-order valence-corrected chi connectivity index (χ2v) is 3.67. The normalized spacial score (nSPS) is 15.1. The van der Waals surface area contributed by atoms with Crippen LogP contribution in [0.4, 0.5) is 0 Å². The number of fused-ring (bicyclic) bond motifs is 3. The average molecular weight is 208 g/mol. The van der Waals surface area contributed by atoms with Crippen LogP contribution >= 0.6 is 0 Å². The van der Waals surface area contributed by atoms with E-state index in [0.717, 1.165) is 6.42 Å². The Balaban J connectivity index is 0.000000292. The fourth-order valence-electron chi connectivity index (χ4n) is 2.13. The number of rotatable bonds is 0. The molecule has 0 unspecified atom stereocenters. The Morgan fingerprint density at radius 3 is 2.44 bits per heavy atom. The summed E-state index contributed by atoms with van der Waals surface area (Å²) in [4.78, 5) is 0. The van der Waals surface area contributed by atoms with Crippen LogP contribution in [0, 0.1) is 10.8 Å². The SMILES string of the molecule is C=C1CC=CC2=C1c1ccccc12.N=C=N. The minimum atomic E-state index is 1.01. The van der Waals surface area contributed by atoms with Crippen LogP contribution in [0.5, 0.6) is 0 Å². The molecule has 0 aromatic heterocycles. The topological polar surface area (TPSA) is 47.7 Å². The monoisotopic (exact) mass is 208 g/mol. The standard InChI is InChI=1S/C13H10.CH2N2/c1-9-5-4-8-12-10-6-2-3-7-11(10)13(9)12;2-1-3/h2-4,6-8H,1,5H2;2-3H. The van der Waals surface area contributed by atoms with Gasteiger partial charge in [0.1, 0.15) is 0 Å². The smallest absolute Gasteiger partial charge is 0.0831 e. The summed E-state index contributed by atoms with van der Waals surface area (Å²) < 4.78 is 0. The van der Waals surface area contributed by atoms with Crippen molar-refractivity contribution in [1.82, 2.24) is 0 Å². The largest absolute Gasteiger partial charge is 0.242 e. The van der Waals surface area contributed by atoms with Gasteiger partial charge in [0.2, 0.25) is 0 Å². The minimum absolute atomic E-state index is 1.01. The lowest BCUT2D eigenvalue weighted by Gasteiger charge is -2.29. The summed E-state index contributed by atoms with van der Waals surface area (Å²) in [5.41, 5.74) is 6.79. The number of hydrogen-bond donors (Lipinski definition) is 2. The van der Waals surface area contributed by atoms with E-state index in [2.05, 4.69) is 43.0 Å². The molecule has 0 saturated heterocycles. The molecule has 2 aliphatic rings. The maximum atomic E-state index is 5.62. The van der Waals surface area contributed by atoms with Gasteiger partial charge in [0, 0.05) is 0 Å². The zero-order chi connectivity index (χ0) is 11.5. The Morgan fingerprint density at radius 1 is 1.12 bits per heavy atom. The van der Waals surface area contributed by atoms with Crippen LogP contribution in [0.3, 0.4) is 0 Å². The molecule has 16 heavy (non-hydrogen) atoms. The van der Waals surface area contributed by atoms with Gasteiger partial charge in [-0.15, -0.1) is 0 Å². The highest BCUT2D eigenvalue weighted by molar-refractivity contribution is 6.13. The summed E-state index contributed by atoms with van der Waals surface area (Å²) in [6.45, 7) is 4.09. The highest BCUT2D eigenvalue weighted by atomic mass is 14.4. The van der Waals surface area contributed by atoms with Crippen molar-refractivity contribution in [3.05, 3.63) is 59.7 Å². The zero-order valence-corrected chi connectivity index (χ0v) is 8.88. The van der Waals surface area contributed by atoms with Crippen LogP contribution in [0.1, 0.15) is 17.5 Å². The molecule has 0 spiro atoms. The molecule has 2 aliphatic carbocycles. The first-order valence-corrected chi connectivity index (χ1v) is 5.06. The fourth-order valence-corrected chi connectivity index (χ4v) is 2.13. The van der Waals surface area contributed by atoms with Crippen molar-refractivity contribution in [3.63, 3.8) is 0 Å². The second kappa shape index (κ2) is 4.13. The van der Waals surface area contributed by atoms with Gasteiger partial charge in [0.25, 0.3) is 0 Å². The van der Waals surface area contributed by atoms with E-state index in [4.69, 9.17) is 10.8 Å². The highest BCUT2D eigenvalue weighted by Gasteiger charge is 2.26. The van der Waals surface area contributed by atoms with Crippen LogP contribution in [0.2, 0.25) is 0 Å². The molecule has 2 heteroatoms. The van der Waals surface area contributed by atoms with Crippen LogP contribution in [0.25, 0.3) is 11.1 Å². The fraction of sp³-hybridized carbons (Fsp3) is 0.0714. The van der Waals surface area contributed by atoms with E-state index in [1.165, 1.54) is 33.9 Å². The van der Waals surface area contributed by atoms with Gasteiger partial charge in [-0.05, 0) is 34.3 Å². The molecule has 1 aromatic carbocycles. The predicted octanol–water partition coefficient (Wildman–Crippen LogP) is 3.74. The van der Waals surface area contributed by atoms with Gasteiger partial charge < -0.3 is 0 Å². The third-order valence-corrected chi connectivity index (χ3v) is 2.76. The molecule has 78 valence electrons. The van der Waals surface area contributed by atoms with E-state index in [-0.39, 0.29) is 0 Å². The molecule has 2 N–H and O–H groups in total. The number of hydrogen-bond acceptors (Lipinski definition) is 2. The van der Waals surface area contributed by atoms with Gasteiger partial charge in [-0.1, -0.05) is 43.0 Å². The molecule has 3 rings (SSSR count). The molecule has 0 saturated carbocycles. The number of nitrogens with one attached hydrogen (secondary N) is 2. The van der Waals surface area contributed by atoms with Crippen LogP contribution < -0.4 is 0 Å². The number of benzene rings is 1. The highest BCUT2D eigenvalue weighted by Crippen LogP contribution is 2.47. The third-order valence-electron chi connectivity index (χ3n) is 2.76. The molecular formula is C14H12N2. The van der Waals surface area contributed by atoms with Crippen molar-refractivity contribution in [1.29, 1.82) is 10.8 Å². The van der Waals surface area contributed by atoms with Crippen molar-refractivity contribution in [2.24, 2.45) is 0 Å². The predicted molar refractivity (Wildman–Crippen MR) is 66.6 cm³/mol. The second-order valence-electron chi connectivity index (χ2n) is 3.67. The van der Waals surface area contributed by atoms with Crippen molar-refractivity contribution in [2.75, 3.05) is 0 Å². The Bertz CT molecular complexity index is 542. The van der Waals surface area contributed by atoms with Gasteiger partial charge in [0.15, 0.2) is 0 Å². The van der Waals surface area contributed by atoms with Gasteiger partial charge in [-0.3, -0.25) is 0 Å². The molecule has 0 heterocycles. The van der Waals surface area contributed by atoms with Gasteiger partial charge in [-0.2, -0.15) is 0 Å². The third kappa shape index (κ3) is 1.46. The van der Waals surface area contributed by atoms with Crippen molar-refractivity contribution < 1.29 is 0 Å². The Hall–Kier alpha value is -2.18. The molecule has 0 amide bonds. The molecule has 0 atom stereocenters.